The van der Waals surface area contributed by atoms with E-state index in [1.807, 2.05) is 0 Å². The topological polar surface area (TPSA) is 56.5 Å². The van der Waals surface area contributed by atoms with Crippen molar-refractivity contribution in [1.29, 1.82) is 5.53 Å². The van der Waals surface area contributed by atoms with E-state index in [0.717, 1.165) is 25.9 Å². The Hall–Kier alpha value is -0.930. The highest BCUT2D eigenvalue weighted by molar-refractivity contribution is 5.74. The molecule has 56 valence electrons. The summed E-state index contributed by atoms with van der Waals surface area (Å²) in [6.07, 6.45) is 3.31. The average molecular weight is 141 g/mol. The number of urea groups is 1. The fraction of sp³-hybridized carbons (Fsp3) is 0.833. The number of rotatable bonds is 0. The van der Waals surface area contributed by atoms with E-state index >= 15 is 0 Å². The van der Waals surface area contributed by atoms with Crippen molar-refractivity contribution in [1.82, 2.24) is 4.90 Å². The first-order chi connectivity index (χ1) is 4.84. The Morgan fingerprint density at radius 2 is 1.90 bits per heavy atom. The summed E-state index contributed by atoms with van der Waals surface area (Å²) >= 11 is 0. The number of hydrogen-bond donors (Lipinski definition) is 1. The second-order valence-corrected chi connectivity index (χ2v) is 2.44. The second kappa shape index (κ2) is 3.29. The zero-order valence-electron chi connectivity index (χ0n) is 5.84. The van der Waals surface area contributed by atoms with Crippen LogP contribution in [0, 0.1) is 5.53 Å². The van der Waals surface area contributed by atoms with Gasteiger partial charge >= 0.3 is 6.03 Å². The van der Waals surface area contributed by atoms with Gasteiger partial charge in [0.1, 0.15) is 0 Å². The van der Waals surface area contributed by atoms with E-state index in [9.17, 15) is 4.79 Å². The first-order valence-corrected chi connectivity index (χ1v) is 3.51. The molecule has 1 rings (SSSR count). The largest absolute Gasteiger partial charge is 0.361 e. The van der Waals surface area contributed by atoms with Gasteiger partial charge in [-0.1, -0.05) is 5.11 Å². The second-order valence-electron chi connectivity index (χ2n) is 2.44. The maximum Gasteiger partial charge on any atom is 0.361 e. The van der Waals surface area contributed by atoms with Crippen molar-refractivity contribution in [2.24, 2.45) is 5.11 Å². The highest BCUT2D eigenvalue weighted by Gasteiger charge is 2.14. The van der Waals surface area contributed by atoms with Gasteiger partial charge in [-0.15, -0.1) is 0 Å². The maximum absolute atomic E-state index is 10.7. The molecule has 10 heavy (non-hydrogen) atoms. The minimum atomic E-state index is -0.389. The average Bonchev–Trinajstić information content (AvgIpc) is 2.05. The molecule has 0 aromatic rings. The fourth-order valence-corrected chi connectivity index (χ4v) is 1.16. The van der Waals surface area contributed by atoms with Gasteiger partial charge in [-0.25, -0.2) is 4.79 Å². The molecule has 0 bridgehead atoms. The van der Waals surface area contributed by atoms with Gasteiger partial charge in [-0.3, -0.25) is 0 Å². The summed E-state index contributed by atoms with van der Waals surface area (Å²) in [6.45, 7) is 1.56. The zero-order valence-corrected chi connectivity index (χ0v) is 5.84. The zero-order chi connectivity index (χ0) is 7.40. The maximum atomic E-state index is 10.7. The van der Waals surface area contributed by atoms with Crippen LogP contribution in [0.1, 0.15) is 19.3 Å². The van der Waals surface area contributed by atoms with E-state index < -0.39 is 0 Å². The van der Waals surface area contributed by atoms with Crippen LogP contribution >= 0.6 is 0 Å². The minimum Gasteiger partial charge on any atom is -0.322 e. The molecule has 2 amide bonds. The number of carbonyl (C=O) groups is 1. The minimum absolute atomic E-state index is 0.389. The van der Waals surface area contributed by atoms with Gasteiger partial charge in [-0.05, 0) is 19.3 Å². The summed E-state index contributed by atoms with van der Waals surface area (Å²) in [6, 6.07) is -0.389. The summed E-state index contributed by atoms with van der Waals surface area (Å²) < 4.78 is 0. The third-order valence-electron chi connectivity index (χ3n) is 1.72. The molecule has 0 saturated carbocycles. The number of hydrogen-bond acceptors (Lipinski definition) is 2. The molecule has 1 saturated heterocycles. The van der Waals surface area contributed by atoms with E-state index in [4.69, 9.17) is 5.53 Å². The highest BCUT2D eigenvalue weighted by atomic mass is 16.2. The number of carbonyl (C=O) groups excluding carboxylic acids is 1. The van der Waals surface area contributed by atoms with Gasteiger partial charge < -0.3 is 4.90 Å². The smallest absolute Gasteiger partial charge is 0.322 e. The molecular formula is C6H11N3O. The third kappa shape index (κ3) is 1.52. The molecule has 4 nitrogen and oxygen atoms in total. The summed E-state index contributed by atoms with van der Waals surface area (Å²) in [5.74, 6) is 0. The quantitative estimate of drug-likeness (QED) is 0.512. The Bertz CT molecular complexity index is 140. The number of amides is 2. The third-order valence-corrected chi connectivity index (χ3v) is 1.72. The fourth-order valence-electron chi connectivity index (χ4n) is 1.16. The van der Waals surface area contributed by atoms with Crippen molar-refractivity contribution in [3.8, 4) is 0 Å². The van der Waals surface area contributed by atoms with Crippen LogP contribution in [0.5, 0.6) is 0 Å². The summed E-state index contributed by atoms with van der Waals surface area (Å²) in [7, 11) is 0. The molecular weight excluding hydrogens is 130 g/mol. The van der Waals surface area contributed by atoms with Crippen molar-refractivity contribution in [3.63, 3.8) is 0 Å². The molecule has 0 aromatic heterocycles. The summed E-state index contributed by atoms with van der Waals surface area (Å²) in [5, 5.41) is 2.85. The first kappa shape index (κ1) is 7.18. The molecule has 1 fully saturated rings. The molecule has 1 aliphatic heterocycles. The molecule has 4 heteroatoms. The molecule has 1 N–H and O–H groups in total. The normalized spacial score (nSPS) is 18.6. The van der Waals surface area contributed by atoms with Crippen LogP contribution in [-0.2, 0) is 0 Å². The summed E-state index contributed by atoms with van der Waals surface area (Å²) in [5.41, 5.74) is 6.48. The van der Waals surface area contributed by atoms with E-state index in [1.165, 1.54) is 6.42 Å². The molecule has 0 unspecified atom stereocenters. The van der Waals surface area contributed by atoms with Crippen molar-refractivity contribution in [2.75, 3.05) is 13.1 Å². The van der Waals surface area contributed by atoms with E-state index in [-0.39, 0.29) is 6.03 Å². The first-order valence-electron chi connectivity index (χ1n) is 3.51. The Kier molecular flexibility index (Phi) is 2.36. The molecule has 0 aliphatic carbocycles. The number of likely N-dealkylation sites (tertiary alicyclic amines) is 1. The number of nitrogens with zero attached hydrogens (tertiary/aromatic N) is 2. The van der Waals surface area contributed by atoms with Gasteiger partial charge in [0.05, 0.1) is 0 Å². The molecule has 0 spiro atoms. The van der Waals surface area contributed by atoms with Gasteiger partial charge in [0.25, 0.3) is 0 Å². The standard InChI is InChI=1S/C6H11N3O/c7-8-6(10)9-4-2-1-3-5-9/h7H,1-5H2. The monoisotopic (exact) mass is 141 g/mol. The van der Waals surface area contributed by atoms with Crippen molar-refractivity contribution < 1.29 is 4.79 Å². The lowest BCUT2D eigenvalue weighted by molar-refractivity contribution is 0.194. The van der Waals surface area contributed by atoms with Crippen LogP contribution in [0.25, 0.3) is 0 Å². The lowest BCUT2D eigenvalue weighted by Gasteiger charge is -2.23. The van der Waals surface area contributed by atoms with Crippen molar-refractivity contribution >= 4 is 6.03 Å². The van der Waals surface area contributed by atoms with E-state index in [1.54, 1.807) is 4.90 Å². The predicted octanol–water partition coefficient (Wildman–Crippen LogP) is 1.62. The van der Waals surface area contributed by atoms with Crippen LogP contribution < -0.4 is 0 Å². The number of piperidine rings is 1. The van der Waals surface area contributed by atoms with Crippen LogP contribution in [-0.4, -0.2) is 24.0 Å². The molecule has 1 heterocycles. The Morgan fingerprint density at radius 3 is 2.40 bits per heavy atom. The van der Waals surface area contributed by atoms with Crippen LogP contribution in [0.15, 0.2) is 5.11 Å². The molecule has 0 radical (unpaired) electrons. The van der Waals surface area contributed by atoms with Gasteiger partial charge in [0, 0.05) is 13.1 Å². The Morgan fingerprint density at radius 1 is 1.30 bits per heavy atom. The Labute approximate surface area is 59.7 Å². The van der Waals surface area contributed by atoms with Crippen molar-refractivity contribution in [3.05, 3.63) is 0 Å². The SMILES string of the molecule is N=NC(=O)N1CCCCC1. The molecule has 0 atom stereocenters. The Balaban J connectivity index is 2.38. The molecule has 0 aromatic carbocycles. The van der Waals surface area contributed by atoms with Gasteiger partial charge in [0.2, 0.25) is 0 Å². The highest BCUT2D eigenvalue weighted by Crippen LogP contribution is 2.09. The number of nitrogens with one attached hydrogen (secondary N) is 1. The van der Waals surface area contributed by atoms with Crippen molar-refractivity contribution in [2.45, 2.75) is 19.3 Å². The summed E-state index contributed by atoms with van der Waals surface area (Å²) in [4.78, 5) is 12.4. The predicted molar refractivity (Wildman–Crippen MR) is 36.0 cm³/mol. The van der Waals surface area contributed by atoms with Gasteiger partial charge in [-0.2, -0.15) is 5.53 Å². The van der Waals surface area contributed by atoms with E-state index in [2.05, 4.69) is 5.11 Å². The van der Waals surface area contributed by atoms with E-state index in [0.29, 0.717) is 0 Å². The molecule has 1 aliphatic rings. The lowest BCUT2D eigenvalue weighted by Crippen LogP contribution is -2.33. The lowest BCUT2D eigenvalue weighted by atomic mass is 10.1. The van der Waals surface area contributed by atoms with Crippen LogP contribution in [0.4, 0.5) is 4.79 Å². The van der Waals surface area contributed by atoms with Crippen LogP contribution in [0.2, 0.25) is 0 Å². The van der Waals surface area contributed by atoms with Gasteiger partial charge in [0.15, 0.2) is 0 Å². The van der Waals surface area contributed by atoms with Crippen LogP contribution in [0.3, 0.4) is 0 Å².